The highest BCUT2D eigenvalue weighted by molar-refractivity contribution is 6.24. The molecule has 0 radical (unpaired) electrons. The summed E-state index contributed by atoms with van der Waals surface area (Å²) in [4.78, 5) is 11.6. The van der Waals surface area contributed by atoms with Crippen LogP contribution in [0.15, 0.2) is 149 Å². The highest BCUT2D eigenvalue weighted by Gasteiger charge is 2.25. The van der Waals surface area contributed by atoms with Crippen LogP contribution in [0.4, 0.5) is 17.1 Å². The molecule has 6 aromatic carbocycles. The van der Waals surface area contributed by atoms with Gasteiger partial charge in [0.05, 0.1) is 33.2 Å². The minimum absolute atomic E-state index is 0.597. The first-order chi connectivity index (χ1) is 22.3. The van der Waals surface area contributed by atoms with Crippen LogP contribution in [0.25, 0.3) is 76.5 Å². The monoisotopic (exact) mass is 577 g/mol. The van der Waals surface area contributed by atoms with Crippen molar-refractivity contribution in [1.82, 2.24) is 9.97 Å². The lowest BCUT2D eigenvalue weighted by Gasteiger charge is -2.28. The van der Waals surface area contributed by atoms with Gasteiger partial charge in [-0.15, -0.1) is 0 Å². The number of rotatable bonds is 3. The lowest BCUT2D eigenvalue weighted by atomic mass is 9.94. The molecule has 45 heavy (non-hydrogen) atoms. The summed E-state index contributed by atoms with van der Waals surface area (Å²) in [5, 5.41) is 11.1. The topological polar surface area (TPSA) is 55.3 Å². The van der Waals surface area contributed by atoms with Gasteiger partial charge in [0, 0.05) is 23.2 Å². The standard InChI is InChI=1S/C40H23N3O2/c1-2-10-25-24(9-1)18-19-27-26-11-3-4-12-28(26)34(23-31(25)27)43(32-15-7-17-36-37(32)30-14-8-21-41-39(30)45-36)33-20-22-42-40-38(33)29-13-5-6-16-35(29)44-40/h1-23H. The van der Waals surface area contributed by atoms with Gasteiger partial charge in [0.15, 0.2) is 0 Å². The van der Waals surface area contributed by atoms with Crippen LogP contribution in [0.3, 0.4) is 0 Å². The molecule has 0 fully saturated rings. The number of para-hydroxylation sites is 1. The van der Waals surface area contributed by atoms with Crippen molar-refractivity contribution in [2.24, 2.45) is 0 Å². The zero-order chi connectivity index (χ0) is 29.5. The molecule has 0 amide bonds. The van der Waals surface area contributed by atoms with E-state index in [1.54, 1.807) is 6.20 Å². The van der Waals surface area contributed by atoms with Crippen LogP contribution < -0.4 is 4.90 Å². The van der Waals surface area contributed by atoms with E-state index in [0.29, 0.717) is 11.4 Å². The van der Waals surface area contributed by atoms with E-state index in [1.807, 2.05) is 36.5 Å². The molecule has 0 unspecified atom stereocenters. The summed E-state index contributed by atoms with van der Waals surface area (Å²) in [6, 6.07) is 44.6. The van der Waals surface area contributed by atoms with Gasteiger partial charge in [0.25, 0.3) is 0 Å². The first-order valence-electron chi connectivity index (χ1n) is 15.0. The fraction of sp³-hybridized carbons (Fsp3) is 0. The van der Waals surface area contributed by atoms with Gasteiger partial charge in [-0.3, -0.25) is 0 Å². The van der Waals surface area contributed by atoms with E-state index >= 15 is 0 Å². The lowest BCUT2D eigenvalue weighted by Crippen LogP contribution is -2.11. The summed E-state index contributed by atoms with van der Waals surface area (Å²) < 4.78 is 12.6. The summed E-state index contributed by atoms with van der Waals surface area (Å²) in [5.74, 6) is 0. The number of furan rings is 2. The lowest BCUT2D eigenvalue weighted by molar-refractivity contribution is 0.654. The number of nitrogens with zero attached hydrogens (tertiary/aromatic N) is 3. The average Bonchev–Trinajstić information content (AvgIpc) is 3.68. The fourth-order valence-electron chi connectivity index (χ4n) is 7.06. The Hall–Kier alpha value is -6.20. The molecule has 0 spiro atoms. The van der Waals surface area contributed by atoms with Gasteiger partial charge < -0.3 is 13.7 Å². The van der Waals surface area contributed by atoms with Crippen LogP contribution in [0, 0.1) is 0 Å². The molecule has 0 bridgehead atoms. The van der Waals surface area contributed by atoms with Crippen molar-refractivity contribution in [3.8, 4) is 0 Å². The third-order valence-corrected chi connectivity index (χ3v) is 8.98. The number of benzene rings is 6. The number of hydrogen-bond acceptors (Lipinski definition) is 5. The van der Waals surface area contributed by atoms with Gasteiger partial charge in [-0.25, -0.2) is 9.97 Å². The number of aromatic nitrogens is 2. The summed E-state index contributed by atoms with van der Waals surface area (Å²) in [5.41, 5.74) is 5.81. The first kappa shape index (κ1) is 24.3. The Morgan fingerprint density at radius 3 is 2.02 bits per heavy atom. The zero-order valence-corrected chi connectivity index (χ0v) is 23.9. The molecule has 0 N–H and O–H groups in total. The highest BCUT2D eigenvalue weighted by Crippen LogP contribution is 2.49. The average molecular weight is 578 g/mol. The van der Waals surface area contributed by atoms with Crippen molar-refractivity contribution in [2.75, 3.05) is 4.90 Å². The summed E-state index contributed by atoms with van der Waals surface area (Å²) in [7, 11) is 0. The fourth-order valence-corrected chi connectivity index (χ4v) is 7.06. The number of hydrogen-bond donors (Lipinski definition) is 0. The molecule has 5 heteroatoms. The van der Waals surface area contributed by atoms with Crippen molar-refractivity contribution in [3.05, 3.63) is 140 Å². The smallest absolute Gasteiger partial charge is 0.229 e. The van der Waals surface area contributed by atoms with E-state index in [-0.39, 0.29) is 0 Å². The second-order valence-corrected chi connectivity index (χ2v) is 11.4. The molecule has 10 rings (SSSR count). The van der Waals surface area contributed by atoms with Crippen LogP contribution in [-0.4, -0.2) is 9.97 Å². The quantitative estimate of drug-likeness (QED) is 0.196. The molecule has 0 saturated heterocycles. The molecular formula is C40H23N3O2. The van der Waals surface area contributed by atoms with E-state index in [0.717, 1.165) is 55.2 Å². The summed E-state index contributed by atoms with van der Waals surface area (Å²) in [6.07, 6.45) is 3.61. The second-order valence-electron chi connectivity index (χ2n) is 11.4. The molecule has 4 aromatic heterocycles. The molecule has 210 valence electrons. The molecule has 0 aliphatic heterocycles. The number of pyridine rings is 2. The Balaban J connectivity index is 1.42. The molecule has 4 heterocycles. The Bertz CT molecular complexity index is 2680. The third kappa shape index (κ3) is 3.43. The SMILES string of the molecule is c1ccc2c(c1)ccc1c3ccccc3c(N(c3cccc4oc5ncccc5c34)c3ccnc4oc5ccccc5c34)cc21. The second kappa shape index (κ2) is 9.15. The van der Waals surface area contributed by atoms with E-state index in [4.69, 9.17) is 8.83 Å². The van der Waals surface area contributed by atoms with Gasteiger partial charge in [-0.1, -0.05) is 84.9 Å². The van der Waals surface area contributed by atoms with Crippen molar-refractivity contribution in [1.29, 1.82) is 0 Å². The van der Waals surface area contributed by atoms with Gasteiger partial charge in [-0.05, 0) is 69.4 Å². The molecule has 5 nitrogen and oxygen atoms in total. The predicted molar refractivity (Wildman–Crippen MR) is 184 cm³/mol. The molecule has 0 aliphatic rings. The Kier molecular flexibility index (Phi) is 4.93. The maximum atomic E-state index is 6.31. The summed E-state index contributed by atoms with van der Waals surface area (Å²) in [6.45, 7) is 0. The van der Waals surface area contributed by atoms with Crippen LogP contribution in [0.2, 0.25) is 0 Å². The first-order valence-corrected chi connectivity index (χ1v) is 15.0. The van der Waals surface area contributed by atoms with Gasteiger partial charge in [0.2, 0.25) is 11.4 Å². The normalized spacial score (nSPS) is 12.0. The van der Waals surface area contributed by atoms with Gasteiger partial charge in [0.1, 0.15) is 11.2 Å². The highest BCUT2D eigenvalue weighted by atomic mass is 16.3. The van der Waals surface area contributed by atoms with Gasteiger partial charge >= 0.3 is 0 Å². The van der Waals surface area contributed by atoms with E-state index in [9.17, 15) is 0 Å². The Morgan fingerprint density at radius 1 is 0.400 bits per heavy atom. The number of fused-ring (bicyclic) bond motifs is 11. The van der Waals surface area contributed by atoms with E-state index in [2.05, 4.69) is 112 Å². The summed E-state index contributed by atoms with van der Waals surface area (Å²) >= 11 is 0. The minimum Gasteiger partial charge on any atom is -0.438 e. The van der Waals surface area contributed by atoms with Crippen LogP contribution in [-0.2, 0) is 0 Å². The van der Waals surface area contributed by atoms with E-state index in [1.165, 1.54) is 26.9 Å². The maximum absolute atomic E-state index is 6.31. The van der Waals surface area contributed by atoms with Crippen molar-refractivity contribution >= 4 is 93.5 Å². The van der Waals surface area contributed by atoms with Crippen molar-refractivity contribution < 1.29 is 8.83 Å². The van der Waals surface area contributed by atoms with Gasteiger partial charge in [-0.2, -0.15) is 0 Å². The Labute approximate surface area is 256 Å². The van der Waals surface area contributed by atoms with E-state index < -0.39 is 0 Å². The molecular weight excluding hydrogens is 554 g/mol. The third-order valence-electron chi connectivity index (χ3n) is 8.98. The largest absolute Gasteiger partial charge is 0.438 e. The number of anilines is 3. The molecule has 0 atom stereocenters. The predicted octanol–water partition coefficient (Wildman–Crippen LogP) is 11.2. The van der Waals surface area contributed by atoms with Crippen LogP contribution >= 0.6 is 0 Å². The Morgan fingerprint density at radius 2 is 1.09 bits per heavy atom. The van der Waals surface area contributed by atoms with Crippen molar-refractivity contribution in [3.63, 3.8) is 0 Å². The molecule has 10 aromatic rings. The zero-order valence-electron chi connectivity index (χ0n) is 23.9. The maximum Gasteiger partial charge on any atom is 0.229 e. The van der Waals surface area contributed by atoms with Crippen LogP contribution in [0.5, 0.6) is 0 Å². The molecule has 0 aliphatic carbocycles. The molecule has 0 saturated carbocycles. The van der Waals surface area contributed by atoms with Crippen molar-refractivity contribution in [2.45, 2.75) is 0 Å². The van der Waals surface area contributed by atoms with Crippen LogP contribution in [0.1, 0.15) is 0 Å². The minimum atomic E-state index is 0.597.